The van der Waals surface area contributed by atoms with Crippen LogP contribution in [0.15, 0.2) is 82.8 Å². The summed E-state index contributed by atoms with van der Waals surface area (Å²) in [5, 5.41) is 4.47. The van der Waals surface area contributed by atoms with Crippen molar-refractivity contribution in [2.45, 2.75) is 4.90 Å². The Hall–Kier alpha value is -3.36. The average Bonchev–Trinajstić information content (AvgIpc) is 2.75. The van der Waals surface area contributed by atoms with E-state index in [0.29, 0.717) is 16.5 Å². The number of carbonyl (C=O) groups is 1. The zero-order chi connectivity index (χ0) is 21.6. The lowest BCUT2D eigenvalue weighted by Gasteiger charge is -2.09. The van der Waals surface area contributed by atoms with Crippen molar-refractivity contribution >= 4 is 39.4 Å². The third-order valence-electron chi connectivity index (χ3n) is 4.00. The Morgan fingerprint density at radius 1 is 1.03 bits per heavy atom. The quantitative estimate of drug-likeness (QED) is 0.427. The number of benzene rings is 3. The van der Waals surface area contributed by atoms with Crippen molar-refractivity contribution in [1.82, 2.24) is 5.43 Å². The SMILES string of the molecule is COc1ccc(NS(=O)(=O)c2cccc(C(=O)NN=Cc3ccc(Cl)cc3)c2)cc1. The highest BCUT2D eigenvalue weighted by Crippen LogP contribution is 2.20. The minimum absolute atomic E-state index is 0.0485. The molecule has 9 heteroatoms. The standard InChI is InChI=1S/C21H18ClN3O4S/c1-29-19-11-9-18(10-12-19)25-30(27,28)20-4-2-3-16(13-20)21(26)24-23-14-15-5-7-17(22)8-6-15/h2-14,25H,1H3,(H,24,26). The zero-order valence-electron chi connectivity index (χ0n) is 15.9. The third kappa shape index (κ3) is 5.59. The molecule has 3 aromatic carbocycles. The van der Waals surface area contributed by atoms with E-state index >= 15 is 0 Å². The number of sulfonamides is 1. The first-order valence-electron chi connectivity index (χ1n) is 8.73. The summed E-state index contributed by atoms with van der Waals surface area (Å²) in [6, 6.07) is 19.0. The number of hydrogen-bond donors (Lipinski definition) is 2. The number of hydrogen-bond acceptors (Lipinski definition) is 5. The van der Waals surface area contributed by atoms with Gasteiger partial charge in [-0.2, -0.15) is 5.10 Å². The number of ether oxygens (including phenoxy) is 1. The lowest BCUT2D eigenvalue weighted by atomic mass is 10.2. The first-order chi connectivity index (χ1) is 14.4. The molecule has 7 nitrogen and oxygen atoms in total. The highest BCUT2D eigenvalue weighted by Gasteiger charge is 2.16. The fraction of sp³-hybridized carbons (Fsp3) is 0.0476. The minimum atomic E-state index is -3.88. The zero-order valence-corrected chi connectivity index (χ0v) is 17.4. The molecule has 0 radical (unpaired) electrons. The van der Waals surface area contributed by atoms with Crippen LogP contribution < -0.4 is 14.9 Å². The van der Waals surface area contributed by atoms with Gasteiger partial charge in [-0.05, 0) is 60.2 Å². The van der Waals surface area contributed by atoms with Crippen LogP contribution in [0.4, 0.5) is 5.69 Å². The monoisotopic (exact) mass is 443 g/mol. The summed E-state index contributed by atoms with van der Waals surface area (Å²) in [6.07, 6.45) is 1.46. The molecule has 0 heterocycles. The predicted molar refractivity (Wildman–Crippen MR) is 117 cm³/mol. The van der Waals surface area contributed by atoms with Crippen molar-refractivity contribution in [2.75, 3.05) is 11.8 Å². The third-order valence-corrected chi connectivity index (χ3v) is 5.63. The minimum Gasteiger partial charge on any atom is -0.497 e. The molecule has 0 saturated carbocycles. The van der Waals surface area contributed by atoms with Crippen molar-refractivity contribution in [3.8, 4) is 5.75 Å². The summed E-state index contributed by atoms with van der Waals surface area (Å²) in [5.74, 6) is 0.0671. The number of nitrogens with one attached hydrogen (secondary N) is 2. The van der Waals surface area contributed by atoms with Crippen LogP contribution in [-0.4, -0.2) is 27.6 Å². The van der Waals surface area contributed by atoms with Crippen molar-refractivity contribution in [1.29, 1.82) is 0 Å². The van der Waals surface area contributed by atoms with E-state index in [1.807, 2.05) is 0 Å². The number of hydrazone groups is 1. The fourth-order valence-corrected chi connectivity index (χ4v) is 3.69. The Morgan fingerprint density at radius 3 is 2.40 bits per heavy atom. The van der Waals surface area contributed by atoms with E-state index in [4.69, 9.17) is 16.3 Å². The van der Waals surface area contributed by atoms with Crippen molar-refractivity contribution in [3.63, 3.8) is 0 Å². The van der Waals surface area contributed by atoms with Gasteiger partial charge in [0.05, 0.1) is 18.2 Å². The van der Waals surface area contributed by atoms with Gasteiger partial charge < -0.3 is 4.74 Å². The first kappa shape index (κ1) is 21.4. The molecule has 0 fully saturated rings. The number of methoxy groups -OCH3 is 1. The second-order valence-electron chi connectivity index (χ2n) is 6.11. The molecule has 0 spiro atoms. The van der Waals surface area contributed by atoms with E-state index in [0.717, 1.165) is 5.56 Å². The van der Waals surface area contributed by atoms with Gasteiger partial charge in [0.25, 0.3) is 15.9 Å². The number of halogens is 1. The van der Waals surface area contributed by atoms with Gasteiger partial charge in [-0.25, -0.2) is 13.8 Å². The summed E-state index contributed by atoms with van der Waals surface area (Å²) in [7, 11) is -2.36. The Bertz CT molecular complexity index is 1160. The van der Waals surface area contributed by atoms with Gasteiger partial charge >= 0.3 is 0 Å². The molecule has 0 unspecified atom stereocenters. The molecular weight excluding hydrogens is 426 g/mol. The van der Waals surface area contributed by atoms with Gasteiger partial charge in [-0.3, -0.25) is 9.52 Å². The second-order valence-corrected chi connectivity index (χ2v) is 8.23. The van der Waals surface area contributed by atoms with Crippen LogP contribution in [0.3, 0.4) is 0 Å². The highest BCUT2D eigenvalue weighted by molar-refractivity contribution is 7.92. The lowest BCUT2D eigenvalue weighted by Crippen LogP contribution is -2.19. The second kappa shape index (κ2) is 9.43. The smallest absolute Gasteiger partial charge is 0.271 e. The van der Waals surface area contributed by atoms with Gasteiger partial charge in [0, 0.05) is 16.3 Å². The van der Waals surface area contributed by atoms with Gasteiger partial charge in [-0.15, -0.1) is 0 Å². The van der Waals surface area contributed by atoms with E-state index in [1.165, 1.54) is 37.6 Å². The molecule has 0 bridgehead atoms. The number of rotatable bonds is 7. The number of anilines is 1. The normalized spacial score (nSPS) is 11.3. The summed E-state index contributed by atoms with van der Waals surface area (Å²) in [4.78, 5) is 12.3. The van der Waals surface area contributed by atoms with E-state index in [9.17, 15) is 13.2 Å². The lowest BCUT2D eigenvalue weighted by molar-refractivity contribution is 0.0955. The van der Waals surface area contributed by atoms with Crippen LogP contribution in [0.25, 0.3) is 0 Å². The Balaban J connectivity index is 1.70. The maximum atomic E-state index is 12.6. The largest absolute Gasteiger partial charge is 0.497 e. The summed E-state index contributed by atoms with van der Waals surface area (Å²) in [5.41, 5.74) is 3.65. The Kier molecular flexibility index (Phi) is 6.71. The van der Waals surface area contributed by atoms with Crippen LogP contribution >= 0.6 is 11.6 Å². The van der Waals surface area contributed by atoms with Crippen LogP contribution in [0.1, 0.15) is 15.9 Å². The average molecular weight is 444 g/mol. The van der Waals surface area contributed by atoms with Gasteiger partial charge in [0.2, 0.25) is 0 Å². The molecule has 2 N–H and O–H groups in total. The van der Waals surface area contributed by atoms with Crippen molar-refractivity contribution in [2.24, 2.45) is 5.10 Å². The van der Waals surface area contributed by atoms with Crippen LogP contribution in [0, 0.1) is 0 Å². The maximum absolute atomic E-state index is 12.6. The molecule has 0 aliphatic carbocycles. The Morgan fingerprint density at radius 2 is 1.73 bits per heavy atom. The maximum Gasteiger partial charge on any atom is 0.271 e. The Labute approximate surface area is 179 Å². The van der Waals surface area contributed by atoms with E-state index in [2.05, 4.69) is 15.2 Å². The number of amides is 1. The molecule has 0 atom stereocenters. The van der Waals surface area contributed by atoms with E-state index in [-0.39, 0.29) is 10.5 Å². The van der Waals surface area contributed by atoms with Crippen LogP contribution in [0.5, 0.6) is 5.75 Å². The van der Waals surface area contributed by atoms with Crippen molar-refractivity contribution < 1.29 is 17.9 Å². The first-order valence-corrected chi connectivity index (χ1v) is 10.6. The molecule has 154 valence electrons. The topological polar surface area (TPSA) is 96.9 Å². The van der Waals surface area contributed by atoms with E-state index < -0.39 is 15.9 Å². The highest BCUT2D eigenvalue weighted by atomic mass is 35.5. The van der Waals surface area contributed by atoms with Crippen LogP contribution in [-0.2, 0) is 10.0 Å². The van der Waals surface area contributed by atoms with Gasteiger partial charge in [0.1, 0.15) is 5.75 Å². The van der Waals surface area contributed by atoms with E-state index in [1.54, 1.807) is 48.5 Å². The summed E-state index contributed by atoms with van der Waals surface area (Å²) in [6.45, 7) is 0. The number of carbonyl (C=O) groups excluding carboxylic acids is 1. The number of nitrogens with zero attached hydrogens (tertiary/aromatic N) is 1. The molecule has 30 heavy (non-hydrogen) atoms. The molecule has 0 aliphatic rings. The molecule has 0 saturated heterocycles. The predicted octanol–water partition coefficient (Wildman–Crippen LogP) is 3.91. The molecule has 3 aromatic rings. The van der Waals surface area contributed by atoms with Gasteiger partial charge in [-0.1, -0.05) is 29.8 Å². The fourth-order valence-electron chi connectivity index (χ4n) is 2.46. The molecule has 3 rings (SSSR count). The van der Waals surface area contributed by atoms with Crippen LogP contribution in [0.2, 0.25) is 5.02 Å². The molecule has 0 aliphatic heterocycles. The molecule has 1 amide bonds. The molecular formula is C21H18ClN3O4S. The summed E-state index contributed by atoms with van der Waals surface area (Å²) < 4.78 is 32.8. The summed E-state index contributed by atoms with van der Waals surface area (Å²) >= 11 is 5.82. The molecule has 0 aromatic heterocycles. The van der Waals surface area contributed by atoms with Gasteiger partial charge in [0.15, 0.2) is 0 Å². The van der Waals surface area contributed by atoms with Crippen molar-refractivity contribution in [3.05, 3.63) is 88.9 Å².